The third-order valence-corrected chi connectivity index (χ3v) is 3.24. The molecule has 0 radical (unpaired) electrons. The summed E-state index contributed by atoms with van der Waals surface area (Å²) in [5.74, 6) is 0.101. The van der Waals surface area contributed by atoms with E-state index in [2.05, 4.69) is 0 Å². The maximum atomic E-state index is 12.2. The van der Waals surface area contributed by atoms with Crippen molar-refractivity contribution in [3.63, 3.8) is 0 Å². The maximum Gasteiger partial charge on any atom is 0.254 e. The van der Waals surface area contributed by atoms with Crippen molar-refractivity contribution in [2.75, 3.05) is 6.54 Å². The number of amides is 1. The zero-order valence-electron chi connectivity index (χ0n) is 9.85. The van der Waals surface area contributed by atoms with Gasteiger partial charge in [0.1, 0.15) is 4.99 Å². The van der Waals surface area contributed by atoms with Gasteiger partial charge in [-0.15, -0.1) is 0 Å². The molecule has 1 amide bonds. The van der Waals surface area contributed by atoms with Crippen molar-refractivity contribution < 1.29 is 4.79 Å². The lowest BCUT2D eigenvalue weighted by Crippen LogP contribution is -2.32. The highest BCUT2D eigenvalue weighted by Crippen LogP contribution is 2.27. The van der Waals surface area contributed by atoms with Crippen molar-refractivity contribution in [1.29, 1.82) is 0 Å². The van der Waals surface area contributed by atoms with Crippen LogP contribution in [0.4, 0.5) is 0 Å². The van der Waals surface area contributed by atoms with Crippen LogP contribution in [0.1, 0.15) is 35.7 Å². The monoisotopic (exact) mass is 248 g/mol. The van der Waals surface area contributed by atoms with Gasteiger partial charge in [-0.05, 0) is 31.9 Å². The number of carbonyl (C=O) groups is 1. The largest absolute Gasteiger partial charge is 0.389 e. The maximum absolute atomic E-state index is 12.2. The number of nitrogens with zero attached hydrogens (tertiary/aromatic N) is 1. The van der Waals surface area contributed by atoms with E-state index in [1.165, 1.54) is 0 Å². The normalized spacial score (nSPS) is 14.4. The number of nitrogens with two attached hydrogens (primary N) is 1. The fourth-order valence-electron chi connectivity index (χ4n) is 1.90. The molecule has 3 nitrogen and oxygen atoms in total. The van der Waals surface area contributed by atoms with Gasteiger partial charge in [-0.3, -0.25) is 4.79 Å². The van der Waals surface area contributed by atoms with Crippen LogP contribution in [0.5, 0.6) is 0 Å². The number of hydrogen-bond acceptors (Lipinski definition) is 2. The second-order valence-corrected chi connectivity index (χ2v) is 4.70. The first-order chi connectivity index (χ1) is 8.13. The fraction of sp³-hybridized carbons (Fsp3) is 0.385. The van der Waals surface area contributed by atoms with E-state index in [9.17, 15) is 4.79 Å². The highest BCUT2D eigenvalue weighted by Gasteiger charge is 2.31. The van der Waals surface area contributed by atoms with Gasteiger partial charge in [0.25, 0.3) is 5.91 Å². The molecular weight excluding hydrogens is 232 g/mol. The van der Waals surface area contributed by atoms with Gasteiger partial charge in [0.05, 0.1) is 0 Å². The average molecular weight is 248 g/mol. The molecule has 1 aliphatic carbocycles. The zero-order chi connectivity index (χ0) is 12.4. The Hall–Kier alpha value is -1.42. The third kappa shape index (κ3) is 2.64. The number of hydrogen-bond donors (Lipinski definition) is 1. The first-order valence-corrected chi connectivity index (χ1v) is 6.25. The molecule has 1 aromatic carbocycles. The van der Waals surface area contributed by atoms with Gasteiger partial charge in [0, 0.05) is 23.7 Å². The molecule has 0 atom stereocenters. The zero-order valence-corrected chi connectivity index (χ0v) is 10.7. The molecule has 4 heteroatoms. The summed E-state index contributed by atoms with van der Waals surface area (Å²) in [5.41, 5.74) is 7.02. The predicted molar refractivity (Wildman–Crippen MR) is 72.1 cm³/mol. The first kappa shape index (κ1) is 12.0. The summed E-state index contributed by atoms with van der Waals surface area (Å²) < 4.78 is 0. The van der Waals surface area contributed by atoms with Gasteiger partial charge in [-0.2, -0.15) is 0 Å². The lowest BCUT2D eigenvalue weighted by Gasteiger charge is -2.20. The van der Waals surface area contributed by atoms with E-state index in [1.807, 2.05) is 11.8 Å². The molecule has 17 heavy (non-hydrogen) atoms. The summed E-state index contributed by atoms with van der Waals surface area (Å²) in [6.45, 7) is 2.78. The van der Waals surface area contributed by atoms with Gasteiger partial charge in [-0.1, -0.05) is 24.4 Å². The summed E-state index contributed by atoms with van der Waals surface area (Å²) in [6, 6.07) is 7.64. The van der Waals surface area contributed by atoms with Crippen LogP contribution in [0.3, 0.4) is 0 Å². The molecule has 2 N–H and O–H groups in total. The highest BCUT2D eigenvalue weighted by molar-refractivity contribution is 7.80. The third-order valence-electron chi connectivity index (χ3n) is 3.01. The van der Waals surface area contributed by atoms with E-state index < -0.39 is 0 Å². The molecule has 1 aromatic rings. The molecule has 0 saturated heterocycles. The molecule has 1 fully saturated rings. The van der Waals surface area contributed by atoms with Crippen LogP contribution in [0.2, 0.25) is 0 Å². The summed E-state index contributed by atoms with van der Waals surface area (Å²) >= 11 is 4.88. The van der Waals surface area contributed by atoms with Crippen LogP contribution in [0, 0.1) is 0 Å². The van der Waals surface area contributed by atoms with Crippen molar-refractivity contribution in [2.45, 2.75) is 25.8 Å². The van der Waals surface area contributed by atoms with Crippen molar-refractivity contribution in [2.24, 2.45) is 5.73 Å². The lowest BCUT2D eigenvalue weighted by molar-refractivity contribution is 0.0752. The van der Waals surface area contributed by atoms with Gasteiger partial charge < -0.3 is 10.6 Å². The molecule has 0 heterocycles. The standard InChI is InChI=1S/C13H16N2OS/c1-2-15(11-7-8-11)13(16)10-5-3-9(4-6-10)12(14)17/h3-6,11H,2,7-8H2,1H3,(H2,14,17). The summed E-state index contributed by atoms with van der Waals surface area (Å²) in [4.78, 5) is 14.5. The Bertz CT molecular complexity index is 437. The Morgan fingerprint density at radius 2 is 1.88 bits per heavy atom. The van der Waals surface area contributed by atoms with E-state index in [-0.39, 0.29) is 5.91 Å². The SMILES string of the molecule is CCN(C(=O)c1ccc(C(N)=S)cc1)C1CC1. The van der Waals surface area contributed by atoms with Crippen LogP contribution >= 0.6 is 12.2 Å². The number of carbonyl (C=O) groups excluding carboxylic acids is 1. The average Bonchev–Trinajstić information content (AvgIpc) is 3.14. The van der Waals surface area contributed by atoms with E-state index >= 15 is 0 Å². The molecule has 1 aliphatic rings. The molecular formula is C13H16N2OS. The van der Waals surface area contributed by atoms with E-state index in [4.69, 9.17) is 18.0 Å². The molecule has 1 saturated carbocycles. The molecule has 0 spiro atoms. The highest BCUT2D eigenvalue weighted by atomic mass is 32.1. The summed E-state index contributed by atoms with van der Waals surface area (Å²) in [7, 11) is 0. The van der Waals surface area contributed by atoms with E-state index in [0.717, 1.165) is 24.9 Å². The lowest BCUT2D eigenvalue weighted by atomic mass is 10.1. The molecule has 0 bridgehead atoms. The number of rotatable bonds is 4. The predicted octanol–water partition coefficient (Wildman–Crippen LogP) is 1.95. The van der Waals surface area contributed by atoms with Crippen LogP contribution in [0.25, 0.3) is 0 Å². The van der Waals surface area contributed by atoms with E-state index in [1.54, 1.807) is 24.3 Å². The van der Waals surface area contributed by atoms with E-state index in [0.29, 0.717) is 16.6 Å². The quantitative estimate of drug-likeness (QED) is 0.828. The number of thiocarbonyl (C=S) groups is 1. The Morgan fingerprint density at radius 3 is 2.29 bits per heavy atom. The Morgan fingerprint density at radius 1 is 1.35 bits per heavy atom. The minimum Gasteiger partial charge on any atom is -0.389 e. The van der Waals surface area contributed by atoms with Gasteiger partial charge >= 0.3 is 0 Å². The van der Waals surface area contributed by atoms with Crippen molar-refractivity contribution in [1.82, 2.24) is 4.90 Å². The Kier molecular flexibility index (Phi) is 3.43. The van der Waals surface area contributed by atoms with Crippen LogP contribution < -0.4 is 5.73 Å². The van der Waals surface area contributed by atoms with Crippen LogP contribution in [-0.4, -0.2) is 28.4 Å². The molecule has 90 valence electrons. The molecule has 0 aliphatic heterocycles. The van der Waals surface area contributed by atoms with Crippen molar-refractivity contribution in [3.8, 4) is 0 Å². The van der Waals surface area contributed by atoms with Crippen LogP contribution in [-0.2, 0) is 0 Å². The second-order valence-electron chi connectivity index (χ2n) is 4.26. The number of benzene rings is 1. The summed E-state index contributed by atoms with van der Waals surface area (Å²) in [5, 5.41) is 0. The minimum absolute atomic E-state index is 0.101. The molecule has 2 rings (SSSR count). The first-order valence-electron chi connectivity index (χ1n) is 5.84. The topological polar surface area (TPSA) is 46.3 Å². The fourth-order valence-corrected chi connectivity index (χ4v) is 2.03. The van der Waals surface area contributed by atoms with Crippen molar-refractivity contribution >= 4 is 23.1 Å². The van der Waals surface area contributed by atoms with Crippen LogP contribution in [0.15, 0.2) is 24.3 Å². The van der Waals surface area contributed by atoms with Gasteiger partial charge in [0.15, 0.2) is 0 Å². The smallest absolute Gasteiger partial charge is 0.254 e. The minimum atomic E-state index is 0.101. The second kappa shape index (κ2) is 4.84. The summed E-state index contributed by atoms with van der Waals surface area (Å²) in [6.07, 6.45) is 2.26. The van der Waals surface area contributed by atoms with Crippen molar-refractivity contribution in [3.05, 3.63) is 35.4 Å². The molecule has 0 unspecified atom stereocenters. The Balaban J connectivity index is 2.15. The van der Waals surface area contributed by atoms with Gasteiger partial charge in [0.2, 0.25) is 0 Å². The van der Waals surface area contributed by atoms with Gasteiger partial charge in [-0.25, -0.2) is 0 Å². The molecule has 0 aromatic heterocycles. The Labute approximate surface area is 107 Å².